The van der Waals surface area contributed by atoms with E-state index >= 15 is 4.39 Å². The van der Waals surface area contributed by atoms with Crippen LogP contribution in [0.1, 0.15) is 50.1 Å². The Morgan fingerprint density at radius 2 is 1.69 bits per heavy atom. The Kier molecular flexibility index (Phi) is 6.95. The molecule has 0 unspecified atom stereocenters. The number of halogens is 2. The maximum absolute atomic E-state index is 15.0. The lowest BCUT2D eigenvalue weighted by Gasteiger charge is -2.28. The molecule has 1 N–H and O–H groups in total. The van der Waals surface area contributed by atoms with E-state index in [0.717, 1.165) is 62.4 Å². The van der Waals surface area contributed by atoms with Crippen LogP contribution in [-0.4, -0.2) is 34.1 Å². The fraction of sp³-hybridized carbons (Fsp3) is 0.429. The molecule has 0 spiro atoms. The number of hydrogen-bond donors (Lipinski definition) is 1. The minimum atomic E-state index is -0.940. The van der Waals surface area contributed by atoms with Crippen LogP contribution >= 0.6 is 0 Å². The van der Waals surface area contributed by atoms with Gasteiger partial charge in [0.15, 0.2) is 11.6 Å². The summed E-state index contributed by atoms with van der Waals surface area (Å²) in [5.74, 6) is -1.50. The molecule has 0 saturated heterocycles. The third-order valence-corrected chi connectivity index (χ3v) is 7.20. The Morgan fingerprint density at radius 1 is 0.971 bits per heavy atom. The van der Waals surface area contributed by atoms with Crippen LogP contribution in [0.15, 0.2) is 48.5 Å². The Bertz CT molecular complexity index is 1180. The molecule has 0 atom stereocenters. The van der Waals surface area contributed by atoms with E-state index in [0.29, 0.717) is 35.6 Å². The number of nitrogens with zero attached hydrogens (tertiary/aromatic N) is 2. The molecule has 7 heteroatoms. The van der Waals surface area contributed by atoms with Gasteiger partial charge in [0.25, 0.3) is 0 Å². The van der Waals surface area contributed by atoms with Crippen molar-refractivity contribution in [2.75, 3.05) is 13.2 Å². The smallest absolute Gasteiger partial charge is 0.329 e. The summed E-state index contributed by atoms with van der Waals surface area (Å²) in [5, 5.41) is 13.8. The molecule has 35 heavy (non-hydrogen) atoms. The Morgan fingerprint density at radius 3 is 2.37 bits per heavy atom. The molecular weight excluding hydrogens is 450 g/mol. The molecule has 0 amide bonds. The third-order valence-electron chi connectivity index (χ3n) is 7.20. The number of carbonyl (C=O) groups is 1. The van der Waals surface area contributed by atoms with E-state index in [1.807, 2.05) is 30.3 Å². The number of carboxylic acid groups (broad SMARTS) is 1. The number of benzene rings is 2. The van der Waals surface area contributed by atoms with Crippen molar-refractivity contribution in [2.24, 2.45) is 11.8 Å². The fourth-order valence-corrected chi connectivity index (χ4v) is 5.28. The number of ether oxygens (including phenoxy) is 1. The molecular formula is C28H30F2N2O3. The monoisotopic (exact) mass is 480 g/mol. The highest BCUT2D eigenvalue weighted by atomic mass is 19.2. The second kappa shape index (κ2) is 10.3. The number of hydrogen-bond acceptors (Lipinski definition) is 3. The summed E-state index contributed by atoms with van der Waals surface area (Å²) < 4.78 is 36.7. The minimum absolute atomic E-state index is 0.250. The Balaban J connectivity index is 1.44. The number of aromatic nitrogens is 2. The lowest BCUT2D eigenvalue weighted by atomic mass is 9.82. The average molecular weight is 481 g/mol. The van der Waals surface area contributed by atoms with Crippen molar-refractivity contribution in [1.82, 2.24) is 9.78 Å². The first kappa shape index (κ1) is 23.7. The zero-order valence-electron chi connectivity index (χ0n) is 19.6. The van der Waals surface area contributed by atoms with Crippen molar-refractivity contribution in [3.05, 3.63) is 65.9 Å². The Labute approximate surface area is 203 Å². The van der Waals surface area contributed by atoms with Crippen molar-refractivity contribution in [3.63, 3.8) is 0 Å². The first-order valence-corrected chi connectivity index (χ1v) is 12.4. The van der Waals surface area contributed by atoms with Crippen LogP contribution in [0.25, 0.3) is 22.4 Å². The second-order valence-corrected chi connectivity index (χ2v) is 9.83. The predicted molar refractivity (Wildman–Crippen MR) is 129 cm³/mol. The standard InChI is InChI=1S/C28H30F2N2O3/c29-23-8-4-7-22(26(23)30)25-27(20-5-2-1-3-6-20)31-32(28(25)21-13-14-21)15-18-9-11-19(12-10-18)16-35-17-24(33)34/h1-8,18-19,21H,9-17H2,(H,33,34). The van der Waals surface area contributed by atoms with Crippen molar-refractivity contribution >= 4 is 5.97 Å². The molecule has 3 aromatic rings. The molecule has 2 fully saturated rings. The molecule has 184 valence electrons. The van der Waals surface area contributed by atoms with Gasteiger partial charge in [-0.05, 0) is 56.4 Å². The SMILES string of the molecule is O=C(O)COCC1CCC(Cn2nc(-c3ccccc3)c(-c3cccc(F)c3F)c2C2CC2)CC1. The first-order valence-electron chi connectivity index (χ1n) is 12.4. The van der Waals surface area contributed by atoms with Gasteiger partial charge in [-0.25, -0.2) is 13.6 Å². The summed E-state index contributed by atoms with van der Waals surface area (Å²) >= 11 is 0. The van der Waals surface area contributed by atoms with E-state index in [1.165, 1.54) is 0 Å². The van der Waals surface area contributed by atoms with Gasteiger partial charge in [0.1, 0.15) is 12.3 Å². The molecule has 5 nitrogen and oxygen atoms in total. The minimum Gasteiger partial charge on any atom is -0.480 e. The molecule has 1 aromatic heterocycles. The van der Waals surface area contributed by atoms with Crippen LogP contribution in [0.4, 0.5) is 8.78 Å². The maximum atomic E-state index is 15.0. The molecule has 2 saturated carbocycles. The highest BCUT2D eigenvalue weighted by Gasteiger charge is 2.35. The zero-order chi connectivity index (χ0) is 24.4. The third kappa shape index (κ3) is 5.30. The summed E-state index contributed by atoms with van der Waals surface area (Å²) in [6, 6.07) is 14.1. The number of rotatable bonds is 9. The summed E-state index contributed by atoms with van der Waals surface area (Å²) in [6.07, 6.45) is 6.04. The van der Waals surface area contributed by atoms with E-state index < -0.39 is 17.6 Å². The van der Waals surface area contributed by atoms with Gasteiger partial charge in [-0.15, -0.1) is 0 Å². The molecule has 2 aliphatic rings. The Hall–Kier alpha value is -3.06. The second-order valence-electron chi connectivity index (χ2n) is 9.83. The molecule has 1 heterocycles. The fourth-order valence-electron chi connectivity index (χ4n) is 5.28. The van der Waals surface area contributed by atoms with Gasteiger partial charge in [0.05, 0.1) is 12.3 Å². The van der Waals surface area contributed by atoms with Crippen molar-refractivity contribution < 1.29 is 23.4 Å². The summed E-state index contributed by atoms with van der Waals surface area (Å²) in [4.78, 5) is 10.7. The van der Waals surface area contributed by atoms with Crippen LogP contribution in [-0.2, 0) is 16.1 Å². The molecule has 0 aliphatic heterocycles. The van der Waals surface area contributed by atoms with E-state index in [2.05, 4.69) is 4.68 Å². The predicted octanol–water partition coefficient (Wildman–Crippen LogP) is 6.28. The highest BCUT2D eigenvalue weighted by Crippen LogP contribution is 2.48. The van der Waals surface area contributed by atoms with Crippen LogP contribution < -0.4 is 0 Å². The normalized spacial score (nSPS) is 20.2. The molecule has 2 aromatic carbocycles. The van der Waals surface area contributed by atoms with Crippen LogP contribution in [0.2, 0.25) is 0 Å². The van der Waals surface area contributed by atoms with E-state index in [4.69, 9.17) is 14.9 Å². The zero-order valence-corrected chi connectivity index (χ0v) is 19.6. The van der Waals surface area contributed by atoms with Gasteiger partial charge in [-0.3, -0.25) is 4.68 Å². The van der Waals surface area contributed by atoms with Crippen molar-refractivity contribution in [2.45, 2.75) is 51.0 Å². The van der Waals surface area contributed by atoms with E-state index in [-0.39, 0.29) is 12.2 Å². The van der Waals surface area contributed by atoms with Crippen molar-refractivity contribution in [1.29, 1.82) is 0 Å². The first-order chi connectivity index (χ1) is 17.0. The van der Waals surface area contributed by atoms with Crippen LogP contribution in [0, 0.1) is 23.5 Å². The van der Waals surface area contributed by atoms with E-state index in [1.54, 1.807) is 12.1 Å². The largest absolute Gasteiger partial charge is 0.480 e. The van der Waals surface area contributed by atoms with E-state index in [9.17, 15) is 9.18 Å². The van der Waals surface area contributed by atoms with Crippen LogP contribution in [0.3, 0.4) is 0 Å². The summed E-state index contributed by atoms with van der Waals surface area (Å²) in [6.45, 7) is 0.972. The maximum Gasteiger partial charge on any atom is 0.329 e. The topological polar surface area (TPSA) is 64.3 Å². The lowest BCUT2D eigenvalue weighted by Crippen LogP contribution is -2.23. The number of aliphatic carboxylic acids is 1. The highest BCUT2D eigenvalue weighted by molar-refractivity contribution is 5.83. The van der Waals surface area contributed by atoms with Gasteiger partial charge in [-0.1, -0.05) is 42.5 Å². The van der Waals surface area contributed by atoms with Gasteiger partial charge < -0.3 is 9.84 Å². The quantitative estimate of drug-likeness (QED) is 0.391. The van der Waals surface area contributed by atoms with Gasteiger partial charge in [-0.2, -0.15) is 5.10 Å². The van der Waals surface area contributed by atoms with Crippen molar-refractivity contribution in [3.8, 4) is 22.4 Å². The van der Waals surface area contributed by atoms with Gasteiger partial charge in [0.2, 0.25) is 0 Å². The van der Waals surface area contributed by atoms with Gasteiger partial charge in [0, 0.05) is 29.2 Å². The lowest BCUT2D eigenvalue weighted by molar-refractivity contribution is -0.142. The molecule has 0 radical (unpaired) electrons. The molecule has 0 bridgehead atoms. The number of carboxylic acids is 1. The molecule has 5 rings (SSSR count). The summed E-state index contributed by atoms with van der Waals surface area (Å²) in [5.41, 5.74) is 3.60. The average Bonchev–Trinajstić information content (AvgIpc) is 3.63. The molecule has 2 aliphatic carbocycles. The summed E-state index contributed by atoms with van der Waals surface area (Å²) in [7, 11) is 0. The van der Waals surface area contributed by atoms with Crippen LogP contribution in [0.5, 0.6) is 0 Å². The van der Waals surface area contributed by atoms with Gasteiger partial charge >= 0.3 is 5.97 Å².